The smallest absolute Gasteiger partial charge is 0.0200 e. The highest BCUT2D eigenvalue weighted by Gasteiger charge is 2.31. The Morgan fingerprint density at radius 1 is 1.06 bits per heavy atom. The van der Waals surface area contributed by atoms with Gasteiger partial charge in [-0.15, -0.1) is 0 Å². The van der Waals surface area contributed by atoms with E-state index in [0.29, 0.717) is 0 Å². The molecule has 0 bridgehead atoms. The predicted octanol–water partition coefficient (Wildman–Crippen LogP) is 2.25. The number of hydrogen-bond acceptors (Lipinski definition) is 2. The normalized spacial score (nSPS) is 37.3. The van der Waals surface area contributed by atoms with Crippen molar-refractivity contribution in [2.24, 2.45) is 11.8 Å². The highest BCUT2D eigenvalue weighted by Crippen LogP contribution is 2.29. The fraction of sp³-hybridized carbons (Fsp3) is 1.00. The topological polar surface area (TPSA) is 15.3 Å². The van der Waals surface area contributed by atoms with Crippen LogP contribution in [0.15, 0.2) is 0 Å². The van der Waals surface area contributed by atoms with Crippen molar-refractivity contribution in [3.63, 3.8) is 0 Å². The van der Waals surface area contributed by atoms with Gasteiger partial charge in [-0.25, -0.2) is 0 Å². The first-order chi connectivity index (χ1) is 7.79. The Balaban J connectivity index is 1.48. The Labute approximate surface area is 99.8 Å². The summed E-state index contributed by atoms with van der Waals surface area (Å²) in [5.74, 6) is 1.93. The maximum Gasteiger partial charge on any atom is 0.0200 e. The second-order valence-corrected chi connectivity index (χ2v) is 6.49. The van der Waals surface area contributed by atoms with Gasteiger partial charge in [0.05, 0.1) is 0 Å². The summed E-state index contributed by atoms with van der Waals surface area (Å²) in [7, 11) is 0. The lowest BCUT2D eigenvalue weighted by atomic mass is 9.84. The first-order valence-corrected chi connectivity index (χ1v) is 7.28. The van der Waals surface area contributed by atoms with Crippen molar-refractivity contribution in [3.05, 3.63) is 0 Å². The monoisotopic (exact) mass is 222 g/mol. The number of likely N-dealkylation sites (tertiary alicyclic amines) is 1. The molecule has 2 unspecified atom stereocenters. The molecular formula is C14H26N2. The SMILES string of the molecule is CC1CC(NC2CC2)CN(CC2CCC2)C1. The number of hydrogen-bond donors (Lipinski definition) is 1. The van der Waals surface area contributed by atoms with Gasteiger partial charge in [0.25, 0.3) is 0 Å². The predicted molar refractivity (Wildman–Crippen MR) is 67.5 cm³/mol. The van der Waals surface area contributed by atoms with E-state index in [-0.39, 0.29) is 0 Å². The lowest BCUT2D eigenvalue weighted by molar-refractivity contribution is 0.107. The maximum absolute atomic E-state index is 3.82. The summed E-state index contributed by atoms with van der Waals surface area (Å²) >= 11 is 0. The molecule has 3 rings (SSSR count). The van der Waals surface area contributed by atoms with Crippen molar-refractivity contribution < 1.29 is 0 Å². The zero-order chi connectivity index (χ0) is 11.0. The summed E-state index contributed by atoms with van der Waals surface area (Å²) in [6.07, 6.45) is 8.72. The number of nitrogens with zero attached hydrogens (tertiary/aromatic N) is 1. The molecule has 1 saturated heterocycles. The molecule has 0 aromatic rings. The molecule has 2 nitrogen and oxygen atoms in total. The molecule has 2 saturated carbocycles. The molecule has 2 aliphatic carbocycles. The van der Waals surface area contributed by atoms with Crippen molar-refractivity contribution in [1.29, 1.82) is 0 Å². The van der Waals surface area contributed by atoms with E-state index in [9.17, 15) is 0 Å². The van der Waals surface area contributed by atoms with E-state index in [0.717, 1.165) is 23.9 Å². The lowest BCUT2D eigenvalue weighted by Gasteiger charge is -2.40. The van der Waals surface area contributed by atoms with Gasteiger partial charge in [0.1, 0.15) is 0 Å². The molecule has 0 aromatic carbocycles. The maximum atomic E-state index is 3.82. The van der Waals surface area contributed by atoms with Gasteiger partial charge in [-0.2, -0.15) is 0 Å². The summed E-state index contributed by atoms with van der Waals surface area (Å²) in [5.41, 5.74) is 0. The van der Waals surface area contributed by atoms with Crippen LogP contribution in [-0.2, 0) is 0 Å². The fourth-order valence-corrected chi connectivity index (χ4v) is 3.36. The Bertz CT molecular complexity index is 231. The van der Waals surface area contributed by atoms with Gasteiger partial charge in [0.2, 0.25) is 0 Å². The fourth-order valence-electron chi connectivity index (χ4n) is 3.36. The van der Waals surface area contributed by atoms with Gasteiger partial charge in [0, 0.05) is 31.7 Å². The van der Waals surface area contributed by atoms with Crippen LogP contribution in [-0.4, -0.2) is 36.6 Å². The lowest BCUT2D eigenvalue weighted by Crippen LogP contribution is -2.50. The molecule has 92 valence electrons. The zero-order valence-corrected chi connectivity index (χ0v) is 10.6. The standard InChI is InChI=1S/C14H26N2/c1-11-7-14(15-13-5-6-13)10-16(8-11)9-12-3-2-4-12/h11-15H,2-10H2,1H3. The first-order valence-electron chi connectivity index (χ1n) is 7.28. The number of piperidine rings is 1. The van der Waals surface area contributed by atoms with E-state index in [1.165, 1.54) is 58.2 Å². The minimum Gasteiger partial charge on any atom is -0.310 e. The van der Waals surface area contributed by atoms with E-state index in [1.807, 2.05) is 0 Å². The van der Waals surface area contributed by atoms with Crippen molar-refractivity contribution >= 4 is 0 Å². The van der Waals surface area contributed by atoms with Crippen molar-refractivity contribution in [1.82, 2.24) is 10.2 Å². The van der Waals surface area contributed by atoms with Gasteiger partial charge in [0.15, 0.2) is 0 Å². The molecule has 2 heteroatoms. The summed E-state index contributed by atoms with van der Waals surface area (Å²) in [6, 6.07) is 1.66. The molecule has 0 spiro atoms. The number of nitrogens with one attached hydrogen (secondary N) is 1. The second-order valence-electron chi connectivity index (χ2n) is 6.49. The van der Waals surface area contributed by atoms with Crippen molar-refractivity contribution in [2.45, 2.75) is 57.5 Å². The van der Waals surface area contributed by atoms with Crippen LogP contribution in [0.3, 0.4) is 0 Å². The molecule has 3 fully saturated rings. The van der Waals surface area contributed by atoms with Gasteiger partial charge in [-0.05, 0) is 43.9 Å². The van der Waals surface area contributed by atoms with Crippen molar-refractivity contribution in [2.75, 3.05) is 19.6 Å². The quantitative estimate of drug-likeness (QED) is 0.785. The molecule has 3 aliphatic rings. The van der Waals surface area contributed by atoms with E-state index < -0.39 is 0 Å². The number of rotatable bonds is 4. The van der Waals surface area contributed by atoms with E-state index in [4.69, 9.17) is 0 Å². The van der Waals surface area contributed by atoms with Gasteiger partial charge < -0.3 is 10.2 Å². The third-order valence-corrected chi connectivity index (χ3v) is 4.53. The first kappa shape index (κ1) is 11.0. The van der Waals surface area contributed by atoms with Crippen LogP contribution < -0.4 is 5.32 Å². The van der Waals surface area contributed by atoms with Crippen molar-refractivity contribution in [3.8, 4) is 0 Å². The molecule has 2 atom stereocenters. The minimum atomic E-state index is 0.788. The Hall–Kier alpha value is -0.0800. The van der Waals surface area contributed by atoms with Crippen LogP contribution in [0.5, 0.6) is 0 Å². The van der Waals surface area contributed by atoms with Crippen LogP contribution in [0, 0.1) is 11.8 Å². The van der Waals surface area contributed by atoms with Crippen LogP contribution in [0.25, 0.3) is 0 Å². The largest absolute Gasteiger partial charge is 0.310 e. The molecule has 0 aromatic heterocycles. The summed E-state index contributed by atoms with van der Waals surface area (Å²) in [5, 5.41) is 3.82. The van der Waals surface area contributed by atoms with Crippen LogP contribution in [0.2, 0.25) is 0 Å². The van der Waals surface area contributed by atoms with E-state index in [1.54, 1.807) is 0 Å². The molecule has 0 amide bonds. The molecule has 1 heterocycles. The zero-order valence-electron chi connectivity index (χ0n) is 10.6. The highest BCUT2D eigenvalue weighted by atomic mass is 15.2. The Morgan fingerprint density at radius 2 is 1.88 bits per heavy atom. The highest BCUT2D eigenvalue weighted by molar-refractivity contribution is 4.90. The van der Waals surface area contributed by atoms with Crippen LogP contribution >= 0.6 is 0 Å². The minimum absolute atomic E-state index is 0.788. The van der Waals surface area contributed by atoms with E-state index >= 15 is 0 Å². The molecule has 0 radical (unpaired) electrons. The van der Waals surface area contributed by atoms with E-state index in [2.05, 4.69) is 17.1 Å². The van der Waals surface area contributed by atoms with Gasteiger partial charge >= 0.3 is 0 Å². The molecule has 1 N–H and O–H groups in total. The Kier molecular flexibility index (Phi) is 3.21. The summed E-state index contributed by atoms with van der Waals surface area (Å²) in [4.78, 5) is 2.73. The molecule has 1 aliphatic heterocycles. The Morgan fingerprint density at radius 3 is 2.50 bits per heavy atom. The van der Waals surface area contributed by atoms with Gasteiger partial charge in [-0.3, -0.25) is 0 Å². The summed E-state index contributed by atoms with van der Waals surface area (Å²) < 4.78 is 0. The molecule has 16 heavy (non-hydrogen) atoms. The van der Waals surface area contributed by atoms with Gasteiger partial charge in [-0.1, -0.05) is 13.3 Å². The average molecular weight is 222 g/mol. The average Bonchev–Trinajstić information content (AvgIpc) is 2.94. The van der Waals surface area contributed by atoms with Crippen LogP contribution in [0.1, 0.15) is 45.4 Å². The third-order valence-electron chi connectivity index (χ3n) is 4.53. The second kappa shape index (κ2) is 4.66. The summed E-state index contributed by atoms with van der Waals surface area (Å²) in [6.45, 7) is 6.47. The van der Waals surface area contributed by atoms with Crippen LogP contribution in [0.4, 0.5) is 0 Å². The third kappa shape index (κ3) is 2.78. The molecular weight excluding hydrogens is 196 g/mol.